The van der Waals surface area contributed by atoms with Gasteiger partial charge in [0, 0.05) is 11.6 Å². The fraction of sp³-hybridized carbons (Fsp3) is 0.0667. The first-order valence-electron chi connectivity index (χ1n) is 6.33. The van der Waals surface area contributed by atoms with Gasteiger partial charge in [-0.05, 0) is 35.9 Å². The summed E-state index contributed by atoms with van der Waals surface area (Å²) < 4.78 is 0. The number of nitrogens with one attached hydrogen (secondary N) is 3. The largest absolute Gasteiger partial charge is 0.334 e. The Hall–Kier alpha value is -2.91. The van der Waals surface area contributed by atoms with Crippen LogP contribution in [0.2, 0.25) is 5.02 Å². The summed E-state index contributed by atoms with van der Waals surface area (Å²) in [6, 6.07) is 13.2. The van der Waals surface area contributed by atoms with Crippen molar-refractivity contribution in [1.29, 1.82) is 10.8 Å². The average molecular weight is 314 g/mol. The van der Waals surface area contributed by atoms with E-state index in [1.165, 1.54) is 12.1 Å². The first-order valence-corrected chi connectivity index (χ1v) is 6.71. The molecular weight excluding hydrogens is 302 g/mol. The van der Waals surface area contributed by atoms with Crippen LogP contribution in [0, 0.1) is 16.9 Å². The summed E-state index contributed by atoms with van der Waals surface area (Å²) in [4.78, 5) is 11.9. The van der Waals surface area contributed by atoms with E-state index in [1.54, 1.807) is 24.3 Å². The second kappa shape index (κ2) is 7.20. The number of hydrogen-bond acceptors (Lipinski definition) is 4. The van der Waals surface area contributed by atoms with E-state index in [9.17, 15) is 4.79 Å². The van der Waals surface area contributed by atoms with Gasteiger partial charge in [0.15, 0.2) is 0 Å². The molecule has 2 rings (SSSR count). The molecule has 0 bridgehead atoms. The molecule has 110 valence electrons. The molecule has 0 aliphatic rings. The molecule has 22 heavy (non-hydrogen) atoms. The first kappa shape index (κ1) is 15.5. The highest BCUT2D eigenvalue weighted by atomic mass is 35.5. The van der Waals surface area contributed by atoms with Gasteiger partial charge in [0.25, 0.3) is 0 Å². The summed E-state index contributed by atoms with van der Waals surface area (Å²) in [7, 11) is 0. The van der Waals surface area contributed by atoms with E-state index in [4.69, 9.17) is 22.4 Å². The number of carbonyl (C=O) groups is 1. The maximum absolute atomic E-state index is 11.9. The average Bonchev–Trinajstić information content (AvgIpc) is 2.53. The molecule has 2 aromatic carbocycles. The first-order chi connectivity index (χ1) is 10.6. The molecule has 7 heteroatoms. The molecule has 0 unspecified atom stereocenters. The Kier molecular flexibility index (Phi) is 5.07. The molecule has 0 atom stereocenters. The standard InChI is InChI=1S/C15H12ClN5O/c16-12-3-1-2-11(6-12)9-19-15(22)20-13-5-4-10(8-17)7-14(13)21-18/h1-7,18H,9H2,(H2,19,20,22). The van der Waals surface area contributed by atoms with Crippen molar-refractivity contribution in [3.8, 4) is 6.07 Å². The lowest BCUT2D eigenvalue weighted by atomic mass is 10.2. The van der Waals surface area contributed by atoms with Crippen molar-refractivity contribution in [3.05, 3.63) is 58.6 Å². The molecule has 0 fully saturated rings. The Bertz CT molecular complexity index is 754. The molecule has 0 saturated heterocycles. The maximum atomic E-state index is 11.9. The third-order valence-electron chi connectivity index (χ3n) is 2.84. The Morgan fingerprint density at radius 1 is 1.32 bits per heavy atom. The third-order valence-corrected chi connectivity index (χ3v) is 3.07. The number of anilines is 1. The number of rotatable bonds is 4. The van der Waals surface area contributed by atoms with Crippen molar-refractivity contribution < 1.29 is 4.79 Å². The summed E-state index contributed by atoms with van der Waals surface area (Å²) in [5.74, 6) is 0. The number of hydrogen-bond donors (Lipinski definition) is 3. The number of halogens is 1. The van der Waals surface area contributed by atoms with Gasteiger partial charge in [0.2, 0.25) is 0 Å². The zero-order valence-electron chi connectivity index (χ0n) is 11.4. The van der Waals surface area contributed by atoms with E-state index in [0.29, 0.717) is 22.8 Å². The monoisotopic (exact) mass is 313 g/mol. The summed E-state index contributed by atoms with van der Waals surface area (Å²) in [6.45, 7) is 0.315. The highest BCUT2D eigenvalue weighted by Gasteiger charge is 2.07. The number of carbonyl (C=O) groups excluding carboxylic acids is 1. The van der Waals surface area contributed by atoms with Crippen molar-refractivity contribution in [2.75, 3.05) is 5.32 Å². The van der Waals surface area contributed by atoms with Crippen LogP contribution in [-0.2, 0) is 6.54 Å². The normalized spacial score (nSPS) is 9.64. The van der Waals surface area contributed by atoms with Crippen molar-refractivity contribution in [2.24, 2.45) is 5.11 Å². The highest BCUT2D eigenvalue weighted by Crippen LogP contribution is 2.25. The van der Waals surface area contributed by atoms with Gasteiger partial charge in [0.05, 0.1) is 17.3 Å². The summed E-state index contributed by atoms with van der Waals surface area (Å²) in [5.41, 5.74) is 8.91. The van der Waals surface area contributed by atoms with Crippen LogP contribution >= 0.6 is 11.6 Å². The molecule has 2 aromatic rings. The number of amides is 2. The van der Waals surface area contributed by atoms with E-state index < -0.39 is 6.03 Å². The molecule has 0 spiro atoms. The Morgan fingerprint density at radius 2 is 2.14 bits per heavy atom. The minimum Gasteiger partial charge on any atom is -0.334 e. The molecule has 2 amide bonds. The van der Waals surface area contributed by atoms with Crippen molar-refractivity contribution in [3.63, 3.8) is 0 Å². The quantitative estimate of drug-likeness (QED) is 0.737. The molecule has 0 radical (unpaired) electrons. The van der Waals surface area contributed by atoms with Crippen LogP contribution in [0.3, 0.4) is 0 Å². The minimum absolute atomic E-state index is 0.219. The molecule has 0 saturated carbocycles. The fourth-order valence-corrected chi connectivity index (χ4v) is 2.01. The highest BCUT2D eigenvalue weighted by molar-refractivity contribution is 6.30. The third kappa shape index (κ3) is 4.04. The smallest absolute Gasteiger partial charge is 0.319 e. The van der Waals surface area contributed by atoms with E-state index >= 15 is 0 Å². The molecule has 0 aliphatic carbocycles. The zero-order valence-corrected chi connectivity index (χ0v) is 12.2. The summed E-state index contributed by atoms with van der Waals surface area (Å²) >= 11 is 5.87. The Balaban J connectivity index is 2.00. The van der Waals surface area contributed by atoms with Gasteiger partial charge in [-0.3, -0.25) is 0 Å². The van der Waals surface area contributed by atoms with Gasteiger partial charge >= 0.3 is 6.03 Å². The predicted molar refractivity (Wildman–Crippen MR) is 83.3 cm³/mol. The second-order valence-corrected chi connectivity index (χ2v) is 4.83. The molecule has 6 nitrogen and oxygen atoms in total. The van der Waals surface area contributed by atoms with Gasteiger partial charge in [-0.15, -0.1) is 0 Å². The van der Waals surface area contributed by atoms with Crippen molar-refractivity contribution >= 4 is 29.0 Å². The minimum atomic E-state index is -0.436. The lowest BCUT2D eigenvalue weighted by molar-refractivity contribution is 0.251. The van der Waals surface area contributed by atoms with Gasteiger partial charge in [-0.1, -0.05) is 23.7 Å². The van der Waals surface area contributed by atoms with E-state index in [0.717, 1.165) is 5.56 Å². The zero-order chi connectivity index (χ0) is 15.9. The van der Waals surface area contributed by atoms with Gasteiger partial charge in [0.1, 0.15) is 5.69 Å². The van der Waals surface area contributed by atoms with Crippen LogP contribution in [0.1, 0.15) is 11.1 Å². The van der Waals surface area contributed by atoms with Gasteiger partial charge in [-0.25, -0.2) is 10.3 Å². The Labute approximate surface area is 132 Å². The van der Waals surface area contributed by atoms with Gasteiger partial charge in [-0.2, -0.15) is 10.4 Å². The van der Waals surface area contributed by atoms with E-state index in [1.807, 2.05) is 12.1 Å². The number of urea groups is 1. The van der Waals surface area contributed by atoms with Crippen LogP contribution in [0.5, 0.6) is 0 Å². The number of nitriles is 1. The lowest BCUT2D eigenvalue weighted by Gasteiger charge is -2.09. The van der Waals surface area contributed by atoms with Crippen LogP contribution < -0.4 is 10.6 Å². The molecule has 3 N–H and O–H groups in total. The fourth-order valence-electron chi connectivity index (χ4n) is 1.80. The summed E-state index contributed by atoms with van der Waals surface area (Å²) in [6.07, 6.45) is 0. The SMILES string of the molecule is N#Cc1ccc(NC(=O)NCc2cccc(Cl)c2)c(N=N)c1. The van der Waals surface area contributed by atoms with Crippen LogP contribution in [0.4, 0.5) is 16.2 Å². The number of benzene rings is 2. The van der Waals surface area contributed by atoms with E-state index in [-0.39, 0.29) is 5.69 Å². The van der Waals surface area contributed by atoms with Crippen molar-refractivity contribution in [2.45, 2.75) is 6.54 Å². The summed E-state index contributed by atoms with van der Waals surface area (Å²) in [5, 5.41) is 18.0. The lowest BCUT2D eigenvalue weighted by Crippen LogP contribution is -2.28. The molecule has 0 heterocycles. The topological polar surface area (TPSA) is 101 Å². The Morgan fingerprint density at radius 3 is 2.82 bits per heavy atom. The van der Waals surface area contributed by atoms with E-state index in [2.05, 4.69) is 15.7 Å². The van der Waals surface area contributed by atoms with Gasteiger partial charge < -0.3 is 10.6 Å². The predicted octanol–water partition coefficient (Wildman–Crippen LogP) is 4.20. The maximum Gasteiger partial charge on any atom is 0.319 e. The molecule has 0 aliphatic heterocycles. The molecule has 0 aromatic heterocycles. The van der Waals surface area contributed by atoms with Crippen molar-refractivity contribution in [1.82, 2.24) is 5.32 Å². The van der Waals surface area contributed by atoms with Crippen LogP contribution in [0.15, 0.2) is 47.6 Å². The number of nitrogens with zero attached hydrogens (tertiary/aromatic N) is 2. The van der Waals surface area contributed by atoms with Crippen LogP contribution in [-0.4, -0.2) is 6.03 Å². The van der Waals surface area contributed by atoms with Crippen LogP contribution in [0.25, 0.3) is 0 Å². The molecular formula is C15H12ClN5O. The second-order valence-electron chi connectivity index (χ2n) is 4.39.